The van der Waals surface area contributed by atoms with E-state index in [4.69, 9.17) is 15.2 Å². The van der Waals surface area contributed by atoms with Crippen molar-refractivity contribution >= 4 is 23.6 Å². The molecule has 0 radical (unpaired) electrons. The molecule has 3 heterocycles. The maximum absolute atomic E-state index is 13.6. The molecule has 1 aromatic heterocycles. The molecule has 5 rings (SSSR count). The van der Waals surface area contributed by atoms with Crippen LogP contribution in [0.1, 0.15) is 28.5 Å². The first-order valence-corrected chi connectivity index (χ1v) is 14.9. The summed E-state index contributed by atoms with van der Waals surface area (Å²) >= 11 is 0. The number of hydrogen-bond donors (Lipinski definition) is 5. The second kappa shape index (κ2) is 16.3. The number of methoxy groups -OCH3 is 1. The number of hydrogen-bond acceptors (Lipinski definition) is 10. The molecule has 0 saturated heterocycles. The van der Waals surface area contributed by atoms with Crippen molar-refractivity contribution < 1.29 is 33.8 Å². The molecule has 46 heavy (non-hydrogen) atoms. The van der Waals surface area contributed by atoms with Crippen molar-refractivity contribution in [2.45, 2.75) is 44.5 Å². The Bertz CT molecular complexity index is 1500. The highest BCUT2D eigenvalue weighted by molar-refractivity contribution is 5.99. The number of carbonyl (C=O) groups excluding carboxylic acids is 4. The number of aromatic nitrogens is 3. The average Bonchev–Trinajstić information content (AvgIpc) is 3.49. The zero-order chi connectivity index (χ0) is 33.1. The monoisotopic (exact) mass is 636 g/mol. The van der Waals surface area contributed by atoms with Crippen LogP contribution in [0.5, 0.6) is 11.5 Å². The standard InChI is InChI=1S/C31H40N8O7/c1-20(40)28-31(44)33-11-13-38(19-27(32)41)12-10-23-18-39(37-36-23)14-15-46-25-9-8-22(17-26(25)45-2)29(42)34-24(30(43)35-28)16-21-6-4-3-5-7-21/h3-9,17-18,20,24,28,40H,10-16,19H2,1-2H3,(H2,32,41)(H,33,44)(H,34,42)(H,35,43)/t20-,24-,28+/m1/s1. The van der Waals surface area contributed by atoms with Crippen LogP contribution in [0.15, 0.2) is 54.7 Å². The first-order chi connectivity index (χ1) is 22.1. The summed E-state index contributed by atoms with van der Waals surface area (Å²) in [6, 6.07) is 11.3. The molecule has 3 atom stereocenters. The maximum atomic E-state index is 13.6. The van der Waals surface area contributed by atoms with E-state index in [1.165, 1.54) is 20.1 Å². The molecule has 2 aliphatic heterocycles. The molecule has 0 aliphatic carbocycles. The topological polar surface area (TPSA) is 203 Å². The fourth-order valence-corrected chi connectivity index (χ4v) is 4.91. The largest absolute Gasteiger partial charge is 0.493 e. The van der Waals surface area contributed by atoms with Gasteiger partial charge < -0.3 is 36.3 Å². The maximum Gasteiger partial charge on any atom is 0.252 e. The van der Waals surface area contributed by atoms with Crippen LogP contribution in [-0.2, 0) is 33.8 Å². The third-order valence-corrected chi connectivity index (χ3v) is 7.35. The van der Waals surface area contributed by atoms with Gasteiger partial charge in [0.25, 0.3) is 5.91 Å². The first-order valence-electron chi connectivity index (χ1n) is 14.9. The Balaban J connectivity index is 1.61. The third-order valence-electron chi connectivity index (χ3n) is 7.35. The second-order valence-corrected chi connectivity index (χ2v) is 10.9. The molecule has 246 valence electrons. The molecule has 0 saturated carbocycles. The lowest BCUT2D eigenvalue weighted by Crippen LogP contribution is -2.58. The molecular formula is C31H40N8O7. The molecular weight excluding hydrogens is 596 g/mol. The van der Waals surface area contributed by atoms with E-state index in [2.05, 4.69) is 26.3 Å². The summed E-state index contributed by atoms with van der Waals surface area (Å²) in [5.74, 6) is -1.66. The summed E-state index contributed by atoms with van der Waals surface area (Å²) in [7, 11) is 1.45. The fraction of sp³-hybridized carbons (Fsp3) is 0.419. The summed E-state index contributed by atoms with van der Waals surface area (Å²) in [4.78, 5) is 53.6. The van der Waals surface area contributed by atoms with Crippen molar-refractivity contribution in [2.24, 2.45) is 5.73 Å². The molecule has 0 fully saturated rings. The minimum atomic E-state index is -1.32. The van der Waals surface area contributed by atoms with Crippen molar-refractivity contribution in [3.8, 4) is 11.5 Å². The molecule has 15 nitrogen and oxygen atoms in total. The number of nitrogens with zero attached hydrogens (tertiary/aromatic N) is 4. The summed E-state index contributed by atoms with van der Waals surface area (Å²) < 4.78 is 13.0. The summed E-state index contributed by atoms with van der Waals surface area (Å²) in [5, 5.41) is 26.8. The van der Waals surface area contributed by atoms with Gasteiger partial charge in [0.1, 0.15) is 18.7 Å². The normalized spacial score (nSPS) is 19.7. The highest BCUT2D eigenvalue weighted by Gasteiger charge is 2.30. The van der Waals surface area contributed by atoms with E-state index in [0.29, 0.717) is 36.7 Å². The van der Waals surface area contributed by atoms with Gasteiger partial charge in [0.2, 0.25) is 17.7 Å². The summed E-state index contributed by atoms with van der Waals surface area (Å²) in [5.41, 5.74) is 7.12. The van der Waals surface area contributed by atoms with Crippen LogP contribution in [0.4, 0.5) is 0 Å². The van der Waals surface area contributed by atoms with Gasteiger partial charge in [-0.2, -0.15) is 0 Å². The van der Waals surface area contributed by atoms with Gasteiger partial charge in [0.15, 0.2) is 11.5 Å². The molecule has 4 bridgehead atoms. The van der Waals surface area contributed by atoms with E-state index in [1.54, 1.807) is 27.9 Å². The first kappa shape index (κ1) is 33.9. The molecule has 6 N–H and O–H groups in total. The minimum Gasteiger partial charge on any atom is -0.493 e. The predicted molar refractivity (Wildman–Crippen MR) is 166 cm³/mol. The lowest BCUT2D eigenvalue weighted by Gasteiger charge is -2.26. The van der Waals surface area contributed by atoms with Crippen molar-refractivity contribution in [1.29, 1.82) is 0 Å². The minimum absolute atomic E-state index is 0.0459. The van der Waals surface area contributed by atoms with Crippen LogP contribution < -0.4 is 31.2 Å². The number of benzene rings is 2. The van der Waals surface area contributed by atoms with Crippen molar-refractivity contribution in [2.75, 3.05) is 39.9 Å². The number of nitrogens with two attached hydrogens (primary N) is 1. The highest BCUT2D eigenvalue weighted by Crippen LogP contribution is 2.28. The zero-order valence-electron chi connectivity index (χ0n) is 25.8. The van der Waals surface area contributed by atoms with Gasteiger partial charge in [-0.05, 0) is 30.7 Å². The number of aliphatic hydroxyl groups is 1. The van der Waals surface area contributed by atoms with Crippen molar-refractivity contribution in [3.63, 3.8) is 0 Å². The molecule has 2 aromatic carbocycles. The number of aliphatic hydroxyl groups excluding tert-OH is 1. The molecule has 0 spiro atoms. The van der Waals surface area contributed by atoms with Gasteiger partial charge in [-0.15, -0.1) is 5.10 Å². The van der Waals surface area contributed by atoms with E-state index in [9.17, 15) is 24.3 Å². The smallest absolute Gasteiger partial charge is 0.252 e. The van der Waals surface area contributed by atoms with E-state index < -0.39 is 41.8 Å². The van der Waals surface area contributed by atoms with Crippen LogP contribution in [0.2, 0.25) is 0 Å². The Morgan fingerprint density at radius 3 is 2.61 bits per heavy atom. The van der Waals surface area contributed by atoms with Gasteiger partial charge >= 0.3 is 0 Å². The van der Waals surface area contributed by atoms with Crippen molar-refractivity contribution in [1.82, 2.24) is 35.8 Å². The third kappa shape index (κ3) is 9.74. The van der Waals surface area contributed by atoms with E-state index >= 15 is 0 Å². The Morgan fingerprint density at radius 2 is 1.89 bits per heavy atom. The summed E-state index contributed by atoms with van der Waals surface area (Å²) in [6.07, 6.45) is 1.10. The lowest BCUT2D eigenvalue weighted by molar-refractivity contribution is -0.132. The van der Waals surface area contributed by atoms with Gasteiger partial charge in [0.05, 0.1) is 32.0 Å². The Hall–Kier alpha value is -5.02. The molecule has 0 unspecified atom stereocenters. The van der Waals surface area contributed by atoms with E-state index in [1.807, 2.05) is 30.3 Å². The number of rotatable bonds is 6. The Labute approximate surface area is 266 Å². The molecule has 4 amide bonds. The average molecular weight is 637 g/mol. The number of carbonyl (C=O) groups is 4. The number of nitrogens with one attached hydrogen (secondary N) is 3. The lowest BCUT2D eigenvalue weighted by atomic mass is 10.0. The van der Waals surface area contributed by atoms with Crippen LogP contribution in [-0.4, -0.2) is 107 Å². The van der Waals surface area contributed by atoms with Crippen LogP contribution in [0.3, 0.4) is 0 Å². The fourth-order valence-electron chi connectivity index (χ4n) is 4.91. The van der Waals surface area contributed by atoms with Gasteiger partial charge in [0, 0.05) is 44.2 Å². The highest BCUT2D eigenvalue weighted by atomic mass is 16.5. The Morgan fingerprint density at radius 1 is 1.11 bits per heavy atom. The SMILES string of the molecule is COc1cc2ccc1OCCn1cc(nn1)CCN(CC(N)=O)CCNC(=O)[C@H]([C@@H](C)O)NC(=O)[C@@H](Cc1ccccc1)NC2=O. The quantitative estimate of drug-likeness (QED) is 0.210. The van der Waals surface area contributed by atoms with Crippen LogP contribution in [0.25, 0.3) is 0 Å². The number of primary amides is 1. The van der Waals surface area contributed by atoms with Crippen LogP contribution >= 0.6 is 0 Å². The molecule has 2 aliphatic rings. The van der Waals surface area contributed by atoms with E-state index in [-0.39, 0.29) is 38.2 Å². The number of ether oxygens (including phenoxy) is 2. The molecule has 15 heteroatoms. The van der Waals surface area contributed by atoms with Gasteiger partial charge in [-0.25, -0.2) is 4.68 Å². The Kier molecular flexibility index (Phi) is 12.0. The van der Waals surface area contributed by atoms with Gasteiger partial charge in [-0.3, -0.25) is 24.1 Å². The van der Waals surface area contributed by atoms with Gasteiger partial charge in [-0.1, -0.05) is 35.5 Å². The summed E-state index contributed by atoms with van der Waals surface area (Å²) in [6.45, 7) is 2.74. The van der Waals surface area contributed by atoms with Crippen molar-refractivity contribution in [3.05, 3.63) is 71.5 Å². The molecule has 3 aromatic rings. The second-order valence-electron chi connectivity index (χ2n) is 10.9. The van der Waals surface area contributed by atoms with E-state index in [0.717, 1.165) is 5.56 Å². The number of fused-ring (bicyclic) bond motifs is 16. The zero-order valence-corrected chi connectivity index (χ0v) is 25.8. The van der Waals surface area contributed by atoms with Crippen LogP contribution in [0, 0.1) is 0 Å². The predicted octanol–water partition coefficient (Wildman–Crippen LogP) is -0.968. The number of amides is 4.